The molecular weight excluding hydrogens is 386 g/mol. The fourth-order valence-corrected chi connectivity index (χ4v) is 4.87. The van der Waals surface area contributed by atoms with Crippen LogP contribution in [-0.4, -0.2) is 51.9 Å². The van der Waals surface area contributed by atoms with Gasteiger partial charge in [0.1, 0.15) is 11.5 Å². The fraction of sp³-hybridized carbons (Fsp3) is 0.300. The van der Waals surface area contributed by atoms with Crippen LogP contribution in [0.1, 0.15) is 17.5 Å². The van der Waals surface area contributed by atoms with Gasteiger partial charge in [-0.2, -0.15) is 0 Å². The largest absolute Gasteiger partial charge is 0.508 e. The Balaban J connectivity index is 0.00000261. The van der Waals surface area contributed by atoms with Gasteiger partial charge in [0, 0.05) is 12.1 Å². The molecule has 2 aromatic rings. The third-order valence-corrected chi connectivity index (χ3v) is 6.21. The number of likely N-dealkylation sites (N-methyl/N-ethyl adjacent to an activating group) is 1. The monoisotopic (exact) mass is 409 g/mol. The number of fused-ring (bicyclic) bond motifs is 1. The summed E-state index contributed by atoms with van der Waals surface area (Å²) >= 11 is 0. The van der Waals surface area contributed by atoms with Crippen molar-refractivity contribution < 1.29 is 18.3 Å². The van der Waals surface area contributed by atoms with Gasteiger partial charge in [-0.05, 0) is 67.6 Å². The molecule has 0 radical (unpaired) electrons. The molecule has 3 rings (SSSR count). The lowest BCUT2D eigenvalue weighted by Gasteiger charge is -2.19. The minimum absolute atomic E-state index is 0. The molecule has 0 bridgehead atoms. The Hall–Kier alpha value is -2.02. The van der Waals surface area contributed by atoms with Gasteiger partial charge in [0.15, 0.2) is 9.84 Å². The summed E-state index contributed by atoms with van der Waals surface area (Å²) in [5.74, 6) is 0.721. The molecule has 0 atom stereocenters. The van der Waals surface area contributed by atoms with Gasteiger partial charge in [-0.25, -0.2) is 8.42 Å². The fourth-order valence-electron chi connectivity index (χ4n) is 3.34. The summed E-state index contributed by atoms with van der Waals surface area (Å²) in [6, 6.07) is 12.1. The molecule has 1 heterocycles. The van der Waals surface area contributed by atoms with Crippen molar-refractivity contribution in [2.45, 2.75) is 11.3 Å². The number of phenols is 1. The number of hydrogen-bond acceptors (Lipinski definition) is 5. The highest BCUT2D eigenvalue weighted by Gasteiger charge is 2.28. The number of sulfone groups is 1. The van der Waals surface area contributed by atoms with Crippen molar-refractivity contribution in [1.29, 1.82) is 0 Å². The molecule has 0 spiro atoms. The van der Waals surface area contributed by atoms with Crippen molar-refractivity contribution in [1.82, 2.24) is 4.90 Å². The van der Waals surface area contributed by atoms with Crippen LogP contribution in [0.5, 0.6) is 11.5 Å². The second kappa shape index (κ2) is 8.33. The van der Waals surface area contributed by atoms with Crippen molar-refractivity contribution in [2.75, 3.05) is 33.5 Å². The van der Waals surface area contributed by atoms with E-state index < -0.39 is 9.84 Å². The van der Waals surface area contributed by atoms with E-state index in [1.807, 2.05) is 25.1 Å². The number of phenolic OH excluding ortho intramolecular Hbond substituents is 1. The molecule has 0 saturated heterocycles. The Bertz CT molecular complexity index is 968. The van der Waals surface area contributed by atoms with Crippen molar-refractivity contribution in [3.63, 3.8) is 0 Å². The number of nitrogens with zero attached hydrogens (tertiary/aromatic N) is 1. The summed E-state index contributed by atoms with van der Waals surface area (Å²) in [4.78, 5) is 2.31. The van der Waals surface area contributed by atoms with Gasteiger partial charge < -0.3 is 14.7 Å². The zero-order valence-electron chi connectivity index (χ0n) is 15.6. The summed E-state index contributed by atoms with van der Waals surface area (Å²) in [5, 5.41) is 9.94. The van der Waals surface area contributed by atoms with Crippen LogP contribution in [0.2, 0.25) is 0 Å². The van der Waals surface area contributed by atoms with Crippen LogP contribution in [0, 0.1) is 0 Å². The Labute approximate surface area is 166 Å². The zero-order valence-corrected chi connectivity index (χ0v) is 17.2. The van der Waals surface area contributed by atoms with Gasteiger partial charge in [0.25, 0.3) is 0 Å². The molecule has 1 aliphatic rings. The lowest BCUT2D eigenvalue weighted by molar-refractivity contribution is 0.413. The molecule has 27 heavy (non-hydrogen) atoms. The van der Waals surface area contributed by atoms with E-state index in [1.54, 1.807) is 36.4 Å². The topological polar surface area (TPSA) is 66.8 Å². The number of ether oxygens (including phenoxy) is 1. The molecule has 0 saturated carbocycles. The summed E-state index contributed by atoms with van der Waals surface area (Å²) in [7, 11) is 2.01. The number of aromatic hydroxyl groups is 1. The van der Waals surface area contributed by atoms with Crippen molar-refractivity contribution in [2.24, 2.45) is 0 Å². The molecule has 1 N–H and O–H groups in total. The van der Waals surface area contributed by atoms with Gasteiger partial charge in [-0.1, -0.05) is 12.1 Å². The molecule has 0 fully saturated rings. The minimum atomic E-state index is -3.43. The van der Waals surface area contributed by atoms with Crippen LogP contribution in [0.4, 0.5) is 0 Å². The smallest absolute Gasteiger partial charge is 0.179 e. The second-order valence-corrected chi connectivity index (χ2v) is 8.78. The van der Waals surface area contributed by atoms with Crippen LogP contribution in [0.15, 0.2) is 52.9 Å². The molecule has 0 amide bonds. The van der Waals surface area contributed by atoms with E-state index in [0.717, 1.165) is 16.7 Å². The molecule has 2 aromatic carbocycles. The van der Waals surface area contributed by atoms with Crippen molar-refractivity contribution in [3.8, 4) is 11.5 Å². The number of rotatable bonds is 4. The predicted molar refractivity (Wildman–Crippen MR) is 110 cm³/mol. The molecule has 0 aromatic heterocycles. The molecule has 0 aliphatic carbocycles. The SMILES string of the molecule is COc1ccc2c(c1)S(=O)(=O)CCC(CN(C)C)=C2c1cccc(O)c1.Cl. The van der Waals surface area contributed by atoms with Gasteiger partial charge in [0.2, 0.25) is 0 Å². The van der Waals surface area contributed by atoms with Gasteiger partial charge >= 0.3 is 0 Å². The zero-order chi connectivity index (χ0) is 18.9. The van der Waals surface area contributed by atoms with E-state index in [4.69, 9.17) is 4.74 Å². The lowest BCUT2D eigenvalue weighted by atomic mass is 9.91. The van der Waals surface area contributed by atoms with Crippen LogP contribution in [0.3, 0.4) is 0 Å². The summed E-state index contributed by atoms with van der Waals surface area (Å²) in [6.45, 7) is 0.645. The normalized spacial score (nSPS) is 15.7. The molecule has 1 aliphatic heterocycles. The van der Waals surface area contributed by atoms with Crippen LogP contribution in [-0.2, 0) is 9.84 Å². The minimum Gasteiger partial charge on any atom is -0.508 e. The van der Waals surface area contributed by atoms with E-state index >= 15 is 0 Å². The number of benzene rings is 2. The third kappa shape index (κ3) is 4.46. The van der Waals surface area contributed by atoms with E-state index in [2.05, 4.69) is 0 Å². The highest BCUT2D eigenvalue weighted by Crippen LogP contribution is 2.39. The second-order valence-electron chi connectivity index (χ2n) is 6.70. The van der Waals surface area contributed by atoms with Crippen LogP contribution < -0.4 is 4.74 Å². The van der Waals surface area contributed by atoms with Crippen molar-refractivity contribution in [3.05, 3.63) is 59.2 Å². The Morgan fingerprint density at radius 2 is 1.89 bits per heavy atom. The van der Waals surface area contributed by atoms with Crippen molar-refractivity contribution >= 4 is 27.8 Å². The van der Waals surface area contributed by atoms with Crippen LogP contribution in [0.25, 0.3) is 5.57 Å². The molecule has 0 unspecified atom stereocenters. The van der Waals surface area contributed by atoms with E-state index in [0.29, 0.717) is 24.3 Å². The third-order valence-electron chi connectivity index (χ3n) is 4.46. The number of halogens is 1. The van der Waals surface area contributed by atoms with Gasteiger partial charge in [-0.3, -0.25) is 0 Å². The van der Waals surface area contributed by atoms with Gasteiger partial charge in [0.05, 0.1) is 17.8 Å². The van der Waals surface area contributed by atoms with Crippen LogP contribution >= 0.6 is 12.4 Å². The summed E-state index contributed by atoms with van der Waals surface area (Å²) in [6.07, 6.45) is 0.447. The first-order chi connectivity index (χ1) is 12.3. The average molecular weight is 410 g/mol. The molecular formula is C20H24ClNO4S. The summed E-state index contributed by atoms with van der Waals surface area (Å²) in [5.41, 5.74) is 3.37. The van der Waals surface area contributed by atoms with Gasteiger partial charge in [-0.15, -0.1) is 12.4 Å². The average Bonchev–Trinajstić information content (AvgIpc) is 2.69. The number of methoxy groups -OCH3 is 1. The summed E-state index contributed by atoms with van der Waals surface area (Å²) < 4.78 is 31.0. The maximum Gasteiger partial charge on any atom is 0.179 e. The Morgan fingerprint density at radius 1 is 1.15 bits per heavy atom. The quantitative estimate of drug-likeness (QED) is 0.838. The Morgan fingerprint density at radius 3 is 2.52 bits per heavy atom. The van der Waals surface area contributed by atoms with E-state index in [1.165, 1.54) is 7.11 Å². The first kappa shape index (κ1) is 21.3. The molecule has 7 heteroatoms. The number of hydrogen-bond donors (Lipinski definition) is 1. The standard InChI is InChI=1S/C20H23NO4S.ClH/c1-21(2)13-15-9-10-26(23,24)19-12-17(25-3)7-8-18(19)20(15)14-5-4-6-16(22)11-14;/h4-8,11-12,22H,9-10,13H2,1-3H3;1H. The highest BCUT2D eigenvalue weighted by molar-refractivity contribution is 7.91. The molecule has 5 nitrogen and oxygen atoms in total. The van der Waals surface area contributed by atoms with E-state index in [9.17, 15) is 13.5 Å². The maximum atomic E-state index is 12.9. The molecule has 146 valence electrons. The highest BCUT2D eigenvalue weighted by atomic mass is 35.5. The van der Waals surface area contributed by atoms with E-state index in [-0.39, 0.29) is 28.8 Å². The maximum absolute atomic E-state index is 12.9. The first-order valence-electron chi connectivity index (χ1n) is 8.39. The Kier molecular flexibility index (Phi) is 6.57. The predicted octanol–water partition coefficient (Wildman–Crippen LogP) is 3.36. The first-order valence-corrected chi connectivity index (χ1v) is 10.0. The lowest BCUT2D eigenvalue weighted by Crippen LogP contribution is -2.17.